The van der Waals surface area contributed by atoms with E-state index in [1.165, 1.54) is 0 Å². The molecule has 0 aromatic carbocycles. The Balaban J connectivity index is 2.14. The van der Waals surface area contributed by atoms with E-state index in [0.717, 1.165) is 5.17 Å². The molecular weight excluding hydrogens is 140 g/mol. The number of nitrogens with zero attached hydrogens (tertiary/aromatic N) is 5. The van der Waals surface area contributed by atoms with Crippen LogP contribution in [-0.4, -0.2) is 21.9 Å². The van der Waals surface area contributed by atoms with Crippen molar-refractivity contribution in [2.45, 2.75) is 0 Å². The lowest BCUT2D eigenvalue weighted by Crippen LogP contribution is -2.29. The standard InChI is InChI=1S/C2HN6O2/c1-3-6-8(9-1)2-4-7-10-5-2/h6H. The summed E-state index contributed by atoms with van der Waals surface area (Å²) in [7, 11) is 0. The first-order valence-corrected chi connectivity index (χ1v) is 2.29. The summed E-state index contributed by atoms with van der Waals surface area (Å²) in [6.07, 6.45) is 2.15. The molecule has 0 aliphatic carbocycles. The molecule has 1 N–H and O–H groups in total. The molecule has 1 aromatic heterocycles. The van der Waals surface area contributed by atoms with E-state index in [2.05, 4.69) is 42.0 Å². The third-order valence-corrected chi connectivity index (χ3v) is 0.789. The fourth-order valence-corrected chi connectivity index (χ4v) is 0.439. The maximum absolute atomic E-state index is 4.58. The molecule has 8 heteroatoms. The Kier molecular flexibility index (Phi) is 0.907. The predicted molar refractivity (Wildman–Crippen MR) is 26.2 cm³/mol. The van der Waals surface area contributed by atoms with Crippen LogP contribution < -0.4 is 10.7 Å². The molecule has 51 valence electrons. The summed E-state index contributed by atoms with van der Waals surface area (Å²) in [5, 5.41) is 14.3. The van der Waals surface area contributed by atoms with Crippen molar-refractivity contribution in [1.29, 1.82) is 0 Å². The van der Waals surface area contributed by atoms with E-state index in [9.17, 15) is 0 Å². The first-order chi connectivity index (χ1) is 4.97. The van der Waals surface area contributed by atoms with Crippen molar-refractivity contribution in [1.82, 2.24) is 21.1 Å². The van der Waals surface area contributed by atoms with Crippen LogP contribution in [0.25, 0.3) is 0 Å². The molecule has 1 aliphatic rings. The summed E-state index contributed by atoms with van der Waals surface area (Å²) in [6.45, 7) is 0. The molecule has 0 atom stereocenters. The van der Waals surface area contributed by atoms with Crippen molar-refractivity contribution < 1.29 is 9.47 Å². The van der Waals surface area contributed by atoms with Crippen LogP contribution in [-0.2, 0) is 4.84 Å². The van der Waals surface area contributed by atoms with E-state index in [-0.39, 0.29) is 5.95 Å². The second-order valence-corrected chi connectivity index (χ2v) is 1.34. The maximum Gasteiger partial charge on any atom is 0.343 e. The van der Waals surface area contributed by atoms with E-state index in [1.807, 2.05) is 0 Å². The van der Waals surface area contributed by atoms with Gasteiger partial charge in [-0.1, -0.05) is 10.3 Å². The first kappa shape index (κ1) is 4.97. The molecule has 0 spiro atoms. The monoisotopic (exact) mass is 141 g/mol. The maximum atomic E-state index is 4.58. The van der Waals surface area contributed by atoms with Crippen molar-refractivity contribution in [3.05, 3.63) is 0 Å². The Morgan fingerprint density at radius 2 is 2.60 bits per heavy atom. The van der Waals surface area contributed by atoms with Crippen molar-refractivity contribution in [2.24, 2.45) is 5.10 Å². The van der Waals surface area contributed by atoms with Crippen LogP contribution in [0.5, 0.6) is 0 Å². The molecule has 0 fully saturated rings. The van der Waals surface area contributed by atoms with Crippen LogP contribution in [0.4, 0.5) is 5.95 Å². The minimum Gasteiger partial charge on any atom is -0.326 e. The van der Waals surface area contributed by atoms with Gasteiger partial charge < -0.3 is 4.84 Å². The lowest BCUT2D eigenvalue weighted by molar-refractivity contribution is 0.255. The topological polar surface area (TPSA) is 88.7 Å². The third kappa shape index (κ3) is 0.623. The minimum absolute atomic E-state index is 0.133. The van der Waals surface area contributed by atoms with Crippen LogP contribution in [0.1, 0.15) is 0 Å². The minimum atomic E-state index is 0.133. The number of nitrogens with one attached hydrogen (secondary N) is 1. The number of rotatable bonds is 1. The highest BCUT2D eigenvalue weighted by atomic mass is 16.7. The molecule has 2 heterocycles. The number of hydrogen-bond donors (Lipinski definition) is 1. The van der Waals surface area contributed by atoms with E-state index < -0.39 is 0 Å². The third-order valence-electron chi connectivity index (χ3n) is 0.789. The highest BCUT2D eigenvalue weighted by Gasteiger charge is 2.15. The molecule has 8 nitrogen and oxygen atoms in total. The second kappa shape index (κ2) is 1.83. The van der Waals surface area contributed by atoms with E-state index in [1.54, 1.807) is 0 Å². The summed E-state index contributed by atoms with van der Waals surface area (Å²) in [5.41, 5.74) is 2.36. The average molecular weight is 141 g/mol. The second-order valence-electron chi connectivity index (χ2n) is 1.34. The number of aromatic nitrogens is 3. The van der Waals surface area contributed by atoms with Crippen molar-refractivity contribution in [3.63, 3.8) is 0 Å². The molecule has 2 rings (SSSR count). The van der Waals surface area contributed by atoms with Crippen LogP contribution in [0.2, 0.25) is 0 Å². The molecule has 0 amide bonds. The van der Waals surface area contributed by atoms with Crippen LogP contribution in [0, 0.1) is 0 Å². The molecule has 1 aromatic rings. The normalized spacial score (nSPS) is 15.0. The van der Waals surface area contributed by atoms with Gasteiger partial charge in [-0.05, 0) is 5.16 Å². The Morgan fingerprint density at radius 1 is 1.60 bits per heavy atom. The summed E-state index contributed by atoms with van der Waals surface area (Å²) in [6, 6.07) is 0. The zero-order chi connectivity index (χ0) is 6.81. The summed E-state index contributed by atoms with van der Waals surface area (Å²) in [4.78, 5) is 4.58. The predicted octanol–water partition coefficient (Wildman–Crippen LogP) is -1.46. The van der Waals surface area contributed by atoms with Gasteiger partial charge in [0.15, 0.2) is 0 Å². The Hall–Kier alpha value is -1.86. The molecular formula is C2HN6O2. The van der Waals surface area contributed by atoms with Gasteiger partial charge in [-0.25, -0.2) is 4.63 Å². The number of hydrazone groups is 1. The molecule has 0 unspecified atom stereocenters. The Labute approximate surface area is 54.3 Å². The van der Waals surface area contributed by atoms with Crippen LogP contribution >= 0.6 is 0 Å². The zero-order valence-electron chi connectivity index (χ0n) is 4.55. The molecule has 0 saturated carbocycles. The van der Waals surface area contributed by atoms with Gasteiger partial charge in [0.05, 0.1) is 5.27 Å². The average Bonchev–Trinajstić information content (AvgIpc) is 2.59. The van der Waals surface area contributed by atoms with Crippen molar-refractivity contribution in [3.8, 4) is 0 Å². The molecule has 10 heavy (non-hydrogen) atoms. The summed E-state index contributed by atoms with van der Waals surface area (Å²) in [5.74, 6) is 0.133. The number of anilines is 1. The van der Waals surface area contributed by atoms with E-state index in [0.29, 0.717) is 0 Å². The molecule has 0 saturated heterocycles. The van der Waals surface area contributed by atoms with Gasteiger partial charge in [0.2, 0.25) is 0 Å². The van der Waals surface area contributed by atoms with E-state index >= 15 is 0 Å². The highest BCUT2D eigenvalue weighted by molar-refractivity contribution is 5.50. The summed E-state index contributed by atoms with van der Waals surface area (Å²) >= 11 is 0. The van der Waals surface area contributed by atoms with Gasteiger partial charge >= 0.3 is 12.3 Å². The lowest BCUT2D eigenvalue weighted by atomic mass is 11.1. The Morgan fingerprint density at radius 3 is 3.20 bits per heavy atom. The largest absolute Gasteiger partial charge is 0.343 e. The number of hydrazine groups is 1. The molecule has 0 bridgehead atoms. The van der Waals surface area contributed by atoms with Crippen LogP contribution in [0.15, 0.2) is 9.73 Å². The van der Waals surface area contributed by atoms with Gasteiger partial charge in [0, 0.05) is 0 Å². The summed E-state index contributed by atoms with van der Waals surface area (Å²) < 4.78 is 4.18. The van der Waals surface area contributed by atoms with E-state index in [4.69, 9.17) is 0 Å². The van der Waals surface area contributed by atoms with Gasteiger partial charge in [0.1, 0.15) is 0 Å². The quantitative estimate of drug-likeness (QED) is 0.511. The molecule has 1 radical (unpaired) electrons. The fraction of sp³-hybridized carbons (Fsp3) is 0. The van der Waals surface area contributed by atoms with Gasteiger partial charge in [0.25, 0.3) is 0 Å². The Bertz CT molecular complexity index is 222. The smallest absolute Gasteiger partial charge is 0.326 e. The lowest BCUT2D eigenvalue weighted by Gasteiger charge is -2.05. The zero-order valence-corrected chi connectivity index (χ0v) is 4.55. The van der Waals surface area contributed by atoms with Gasteiger partial charge in [-0.15, -0.1) is 5.10 Å². The van der Waals surface area contributed by atoms with Crippen LogP contribution in [0.3, 0.4) is 0 Å². The van der Waals surface area contributed by atoms with Gasteiger partial charge in [-0.2, -0.15) is 5.53 Å². The van der Waals surface area contributed by atoms with Gasteiger partial charge in [-0.3, -0.25) is 0 Å². The highest BCUT2D eigenvalue weighted by Crippen LogP contribution is 2.02. The number of hydrogen-bond acceptors (Lipinski definition) is 8. The van der Waals surface area contributed by atoms with Crippen molar-refractivity contribution in [2.75, 3.05) is 5.17 Å². The van der Waals surface area contributed by atoms with Crippen molar-refractivity contribution >= 4 is 12.3 Å². The molecule has 1 aliphatic heterocycles. The first-order valence-electron chi connectivity index (χ1n) is 2.29. The SMILES string of the molecule is [C]1=NNN(c2nnon2)O1. The fourth-order valence-electron chi connectivity index (χ4n) is 0.439.